The molecule has 0 bridgehead atoms. The summed E-state index contributed by atoms with van der Waals surface area (Å²) < 4.78 is 5.59. The Balaban J connectivity index is 2.70. The van der Waals surface area contributed by atoms with Crippen LogP contribution in [0.25, 0.3) is 0 Å². The van der Waals surface area contributed by atoms with E-state index in [-0.39, 0.29) is 24.0 Å². The number of hydrogen-bond acceptors (Lipinski definition) is 9. The van der Waals surface area contributed by atoms with E-state index in [1.54, 1.807) is 18.2 Å². The van der Waals surface area contributed by atoms with Crippen molar-refractivity contribution in [2.45, 2.75) is 26.1 Å². The van der Waals surface area contributed by atoms with Crippen molar-refractivity contribution in [1.29, 1.82) is 0 Å². The van der Waals surface area contributed by atoms with E-state index >= 15 is 0 Å². The van der Waals surface area contributed by atoms with E-state index in [0.717, 1.165) is 18.2 Å². The van der Waals surface area contributed by atoms with Gasteiger partial charge in [0.25, 0.3) is 0 Å². The first-order valence-corrected chi connectivity index (χ1v) is 7.56. The fourth-order valence-corrected chi connectivity index (χ4v) is 2.03. The molecule has 126 valence electrons. The third-order valence-corrected chi connectivity index (χ3v) is 3.08. The van der Waals surface area contributed by atoms with Crippen LogP contribution in [0.3, 0.4) is 0 Å². The van der Waals surface area contributed by atoms with Crippen molar-refractivity contribution in [1.82, 2.24) is 10.8 Å². The van der Waals surface area contributed by atoms with Crippen LogP contribution in [0.4, 0.5) is 0 Å². The van der Waals surface area contributed by atoms with Crippen LogP contribution in [0, 0.1) is 0 Å². The SMILES string of the molecule is ON(O)OCc1cc(CON(O)O)cc(OCCCCBr)c1. The Morgan fingerprint density at radius 1 is 0.864 bits per heavy atom. The first-order valence-electron chi connectivity index (χ1n) is 6.44. The molecule has 22 heavy (non-hydrogen) atoms. The van der Waals surface area contributed by atoms with Gasteiger partial charge in [0.15, 0.2) is 0 Å². The Labute approximate surface area is 135 Å². The van der Waals surface area contributed by atoms with Gasteiger partial charge in [0, 0.05) is 5.33 Å². The topological polar surface area (TPSA) is 115 Å². The van der Waals surface area contributed by atoms with Gasteiger partial charge in [0.1, 0.15) is 5.75 Å². The van der Waals surface area contributed by atoms with Crippen molar-refractivity contribution in [3.8, 4) is 5.75 Å². The second-order valence-corrected chi connectivity index (χ2v) is 5.08. The van der Waals surface area contributed by atoms with Gasteiger partial charge in [-0.3, -0.25) is 20.8 Å². The van der Waals surface area contributed by atoms with E-state index in [0.29, 0.717) is 23.5 Å². The highest BCUT2D eigenvalue weighted by Gasteiger charge is 2.06. The van der Waals surface area contributed by atoms with Crippen LogP contribution in [0.5, 0.6) is 5.75 Å². The normalized spacial score (nSPS) is 11.4. The number of rotatable bonds is 11. The first kappa shape index (κ1) is 19.2. The zero-order valence-corrected chi connectivity index (χ0v) is 13.3. The maximum absolute atomic E-state index is 8.56. The highest BCUT2D eigenvalue weighted by molar-refractivity contribution is 9.09. The molecule has 0 spiro atoms. The summed E-state index contributed by atoms with van der Waals surface area (Å²) in [7, 11) is 0. The summed E-state index contributed by atoms with van der Waals surface area (Å²) in [6.07, 6.45) is 1.85. The lowest BCUT2D eigenvalue weighted by atomic mass is 10.1. The average Bonchev–Trinajstić information content (AvgIpc) is 2.47. The predicted molar refractivity (Wildman–Crippen MR) is 75.4 cm³/mol. The van der Waals surface area contributed by atoms with Crippen LogP contribution >= 0.6 is 15.9 Å². The number of benzene rings is 1. The van der Waals surface area contributed by atoms with Crippen molar-refractivity contribution in [3.05, 3.63) is 29.3 Å². The zero-order valence-electron chi connectivity index (χ0n) is 11.8. The number of hydrogen-bond donors (Lipinski definition) is 4. The minimum absolute atomic E-state index is 0.111. The smallest absolute Gasteiger partial charge is 0.120 e. The Bertz CT molecular complexity index is 404. The molecule has 0 saturated carbocycles. The third-order valence-electron chi connectivity index (χ3n) is 2.52. The average molecular weight is 383 g/mol. The molecule has 0 saturated heterocycles. The largest absolute Gasteiger partial charge is 0.494 e. The molecule has 1 rings (SSSR count). The molecular weight excluding hydrogens is 364 g/mol. The standard InChI is InChI=1S/C12H19BrN2O7/c13-3-1-2-4-20-12-6-10(8-21-14(16)17)5-11(7-12)9-22-15(18)19/h5-7,16-19H,1-4,8-9H2. The second kappa shape index (κ2) is 10.8. The summed E-state index contributed by atoms with van der Waals surface area (Å²) >= 11 is 3.33. The fraction of sp³-hybridized carbons (Fsp3) is 0.500. The molecule has 0 amide bonds. The molecule has 9 nitrogen and oxygen atoms in total. The number of halogens is 1. The summed E-state index contributed by atoms with van der Waals surface area (Å²) in [4.78, 5) is 9.08. The summed E-state index contributed by atoms with van der Waals surface area (Å²) in [6, 6.07) is 4.99. The Morgan fingerprint density at radius 3 is 1.86 bits per heavy atom. The van der Waals surface area contributed by atoms with E-state index in [2.05, 4.69) is 25.6 Å². The van der Waals surface area contributed by atoms with Crippen LogP contribution in [0.15, 0.2) is 18.2 Å². The molecule has 0 radical (unpaired) electrons. The van der Waals surface area contributed by atoms with Crippen LogP contribution in [0.2, 0.25) is 0 Å². The molecule has 0 heterocycles. The summed E-state index contributed by atoms with van der Waals surface area (Å²) in [5, 5.41) is 34.4. The van der Waals surface area contributed by atoms with E-state index in [4.69, 9.17) is 25.6 Å². The van der Waals surface area contributed by atoms with Gasteiger partial charge >= 0.3 is 0 Å². The zero-order chi connectivity index (χ0) is 16.4. The molecule has 0 aromatic heterocycles. The lowest BCUT2D eigenvalue weighted by Crippen LogP contribution is -2.15. The molecule has 4 N–H and O–H groups in total. The van der Waals surface area contributed by atoms with E-state index in [9.17, 15) is 0 Å². The molecule has 0 atom stereocenters. The van der Waals surface area contributed by atoms with Gasteiger partial charge < -0.3 is 4.74 Å². The van der Waals surface area contributed by atoms with Gasteiger partial charge in [-0.1, -0.05) is 22.0 Å². The lowest BCUT2D eigenvalue weighted by Gasteiger charge is -2.13. The Hall–Kier alpha value is -0.820. The van der Waals surface area contributed by atoms with Crippen LogP contribution in [-0.2, 0) is 22.9 Å². The van der Waals surface area contributed by atoms with Crippen LogP contribution in [-0.4, -0.2) is 43.5 Å². The number of unbranched alkanes of at least 4 members (excludes halogenated alkanes) is 1. The number of alkyl halides is 1. The maximum Gasteiger partial charge on any atom is 0.120 e. The van der Waals surface area contributed by atoms with Crippen LogP contribution in [0.1, 0.15) is 24.0 Å². The van der Waals surface area contributed by atoms with E-state index in [1.165, 1.54) is 0 Å². The van der Waals surface area contributed by atoms with Gasteiger partial charge in [0.05, 0.1) is 30.6 Å². The summed E-state index contributed by atoms with van der Waals surface area (Å²) in [6.45, 7) is 0.301. The summed E-state index contributed by atoms with van der Waals surface area (Å²) in [5.41, 5.74) is 1.18. The maximum atomic E-state index is 8.56. The molecule has 0 fully saturated rings. The highest BCUT2D eigenvalue weighted by Crippen LogP contribution is 2.20. The van der Waals surface area contributed by atoms with Gasteiger partial charge in [-0.25, -0.2) is 9.68 Å². The van der Waals surface area contributed by atoms with Crippen LogP contribution < -0.4 is 4.74 Å². The van der Waals surface area contributed by atoms with Gasteiger partial charge in [0.2, 0.25) is 0 Å². The summed E-state index contributed by atoms with van der Waals surface area (Å²) in [5.74, 6) is 0.541. The molecular formula is C12H19BrN2O7. The second-order valence-electron chi connectivity index (χ2n) is 4.28. The Kier molecular flexibility index (Phi) is 9.47. The van der Waals surface area contributed by atoms with Crippen molar-refractivity contribution in [2.75, 3.05) is 11.9 Å². The van der Waals surface area contributed by atoms with Crippen molar-refractivity contribution < 1.29 is 35.2 Å². The molecule has 0 aliphatic carbocycles. The number of nitrogens with zero attached hydrogens (tertiary/aromatic N) is 2. The third kappa shape index (κ3) is 8.58. The predicted octanol–water partition coefficient (Wildman–Crippen LogP) is 2.26. The van der Waals surface area contributed by atoms with E-state index < -0.39 is 0 Å². The van der Waals surface area contributed by atoms with Crippen molar-refractivity contribution in [3.63, 3.8) is 0 Å². The lowest BCUT2D eigenvalue weighted by molar-refractivity contribution is -0.497. The minimum atomic E-state index is -0.386. The Morgan fingerprint density at radius 2 is 1.41 bits per heavy atom. The van der Waals surface area contributed by atoms with E-state index in [1.807, 2.05) is 0 Å². The minimum Gasteiger partial charge on any atom is -0.494 e. The van der Waals surface area contributed by atoms with Crippen molar-refractivity contribution >= 4 is 15.9 Å². The molecule has 10 heteroatoms. The quantitative estimate of drug-likeness (QED) is 0.259. The van der Waals surface area contributed by atoms with Gasteiger partial charge in [-0.15, -0.1) is 0 Å². The van der Waals surface area contributed by atoms with Gasteiger partial charge in [-0.05, 0) is 36.1 Å². The van der Waals surface area contributed by atoms with Crippen molar-refractivity contribution in [2.24, 2.45) is 0 Å². The first-order chi connectivity index (χ1) is 10.5. The molecule has 0 unspecified atom stereocenters. The molecule has 0 aliphatic rings. The molecule has 1 aromatic rings. The highest BCUT2D eigenvalue weighted by atomic mass is 79.9. The molecule has 0 aliphatic heterocycles. The number of ether oxygens (including phenoxy) is 1. The fourth-order valence-electron chi connectivity index (χ4n) is 1.63. The van der Waals surface area contributed by atoms with Gasteiger partial charge in [-0.2, -0.15) is 0 Å². The molecule has 1 aromatic carbocycles. The monoisotopic (exact) mass is 382 g/mol.